The molecule has 0 aliphatic rings. The highest BCUT2D eigenvalue weighted by Gasteiger charge is 2.11. The third-order valence-electron chi connectivity index (χ3n) is 4.15. The number of nitrogens with zero attached hydrogens (tertiary/aromatic N) is 1. The molecule has 1 N–H and O–H groups in total. The van der Waals surface area contributed by atoms with Crippen molar-refractivity contribution in [2.24, 2.45) is 0 Å². The summed E-state index contributed by atoms with van der Waals surface area (Å²) >= 11 is 0. The summed E-state index contributed by atoms with van der Waals surface area (Å²) in [6.45, 7) is 2.88. The average molecular weight is 307 g/mol. The lowest BCUT2D eigenvalue weighted by atomic mass is 10.0. The van der Waals surface area contributed by atoms with Crippen molar-refractivity contribution in [2.75, 3.05) is 0 Å². The van der Waals surface area contributed by atoms with Gasteiger partial charge in [0.1, 0.15) is 5.75 Å². The largest absolute Gasteiger partial charge is 0.508 e. The van der Waals surface area contributed by atoms with Crippen LogP contribution in [0.3, 0.4) is 0 Å². The number of unbranched alkanes of at least 4 members (excludes halogenated alkanes) is 2. The third kappa shape index (κ3) is 3.14. The van der Waals surface area contributed by atoms with E-state index in [0.717, 1.165) is 42.3 Å². The number of aromatic nitrogens is 1. The Morgan fingerprint density at radius 1 is 1.00 bits per heavy atom. The fourth-order valence-corrected chi connectivity index (χ4v) is 2.95. The lowest BCUT2D eigenvalue weighted by Crippen LogP contribution is -2.22. The van der Waals surface area contributed by atoms with Gasteiger partial charge < -0.3 is 9.67 Å². The van der Waals surface area contributed by atoms with Crippen LogP contribution in [0, 0.1) is 0 Å². The van der Waals surface area contributed by atoms with Crippen LogP contribution >= 0.6 is 0 Å². The van der Waals surface area contributed by atoms with Crippen molar-refractivity contribution in [1.82, 2.24) is 4.57 Å². The van der Waals surface area contributed by atoms with Crippen LogP contribution in [0.1, 0.15) is 26.2 Å². The first kappa shape index (κ1) is 15.3. The quantitative estimate of drug-likeness (QED) is 0.702. The molecule has 1 heterocycles. The molecule has 0 aliphatic carbocycles. The maximum atomic E-state index is 13.0. The van der Waals surface area contributed by atoms with Gasteiger partial charge in [-0.3, -0.25) is 4.79 Å². The highest BCUT2D eigenvalue weighted by Crippen LogP contribution is 2.24. The SMILES string of the molecule is CCCCCn1c(=O)c(-c2cccc(O)c2)cc2ccccc21. The number of para-hydroxylation sites is 1. The molecule has 3 aromatic rings. The molecule has 3 rings (SSSR count). The number of rotatable bonds is 5. The molecule has 23 heavy (non-hydrogen) atoms. The zero-order valence-corrected chi connectivity index (χ0v) is 13.3. The van der Waals surface area contributed by atoms with E-state index in [1.807, 2.05) is 41.0 Å². The van der Waals surface area contributed by atoms with E-state index in [-0.39, 0.29) is 11.3 Å². The molecular weight excluding hydrogens is 286 g/mol. The van der Waals surface area contributed by atoms with Crippen molar-refractivity contribution >= 4 is 10.9 Å². The standard InChI is InChI=1S/C20H21NO2/c1-2-3-6-12-21-19-11-5-4-8-16(19)14-18(20(21)23)15-9-7-10-17(22)13-15/h4-5,7-11,13-14,22H,2-3,6,12H2,1H3. The number of aryl methyl sites for hydroxylation is 1. The Morgan fingerprint density at radius 2 is 1.83 bits per heavy atom. The summed E-state index contributed by atoms with van der Waals surface area (Å²) in [5.74, 6) is 0.174. The summed E-state index contributed by atoms with van der Waals surface area (Å²) < 4.78 is 1.87. The highest BCUT2D eigenvalue weighted by molar-refractivity contribution is 5.84. The molecule has 2 aromatic carbocycles. The van der Waals surface area contributed by atoms with E-state index >= 15 is 0 Å². The molecule has 0 atom stereocenters. The Balaban J connectivity index is 2.19. The zero-order chi connectivity index (χ0) is 16.2. The van der Waals surface area contributed by atoms with E-state index in [9.17, 15) is 9.90 Å². The van der Waals surface area contributed by atoms with E-state index < -0.39 is 0 Å². The summed E-state index contributed by atoms with van der Waals surface area (Å²) in [5.41, 5.74) is 2.36. The Hall–Kier alpha value is -2.55. The molecule has 0 amide bonds. The normalized spacial score (nSPS) is 11.0. The Bertz CT molecular complexity index is 880. The average Bonchev–Trinajstić information content (AvgIpc) is 2.56. The number of hydrogen-bond donors (Lipinski definition) is 1. The fraction of sp³-hybridized carbons (Fsp3) is 0.250. The molecule has 3 nitrogen and oxygen atoms in total. The second kappa shape index (κ2) is 6.69. The van der Waals surface area contributed by atoms with E-state index in [2.05, 4.69) is 6.92 Å². The number of benzene rings is 2. The first-order valence-corrected chi connectivity index (χ1v) is 8.12. The van der Waals surface area contributed by atoms with Gasteiger partial charge in [0.25, 0.3) is 5.56 Å². The molecule has 3 heteroatoms. The Morgan fingerprint density at radius 3 is 2.61 bits per heavy atom. The van der Waals surface area contributed by atoms with E-state index in [1.165, 1.54) is 0 Å². The number of phenolic OH excluding ortho intramolecular Hbond substituents is 1. The van der Waals surface area contributed by atoms with Gasteiger partial charge in [-0.2, -0.15) is 0 Å². The summed E-state index contributed by atoms with van der Waals surface area (Å²) in [6.07, 6.45) is 3.22. The fourth-order valence-electron chi connectivity index (χ4n) is 2.95. The number of aromatic hydroxyl groups is 1. The molecule has 0 fully saturated rings. The molecule has 0 radical (unpaired) electrons. The van der Waals surface area contributed by atoms with Crippen molar-refractivity contribution in [1.29, 1.82) is 0 Å². The van der Waals surface area contributed by atoms with Gasteiger partial charge in [-0.05, 0) is 41.6 Å². The van der Waals surface area contributed by atoms with Crippen LogP contribution in [0.25, 0.3) is 22.0 Å². The van der Waals surface area contributed by atoms with Gasteiger partial charge in [-0.25, -0.2) is 0 Å². The second-order valence-corrected chi connectivity index (χ2v) is 5.83. The van der Waals surface area contributed by atoms with Gasteiger partial charge in [0.15, 0.2) is 0 Å². The van der Waals surface area contributed by atoms with Crippen molar-refractivity contribution in [3.8, 4) is 16.9 Å². The molecule has 0 saturated heterocycles. The van der Waals surface area contributed by atoms with E-state index in [4.69, 9.17) is 0 Å². The maximum absolute atomic E-state index is 13.0. The number of phenols is 1. The Kier molecular flexibility index (Phi) is 4.47. The van der Waals surface area contributed by atoms with Crippen LogP contribution in [0.5, 0.6) is 5.75 Å². The molecule has 0 spiro atoms. The van der Waals surface area contributed by atoms with Gasteiger partial charge in [-0.1, -0.05) is 50.1 Å². The molecule has 1 aromatic heterocycles. The minimum Gasteiger partial charge on any atom is -0.508 e. The molecule has 0 saturated carbocycles. The lowest BCUT2D eigenvalue weighted by Gasteiger charge is -2.13. The van der Waals surface area contributed by atoms with Crippen LogP contribution in [-0.2, 0) is 6.54 Å². The monoisotopic (exact) mass is 307 g/mol. The smallest absolute Gasteiger partial charge is 0.258 e. The van der Waals surface area contributed by atoms with Crippen molar-refractivity contribution in [3.63, 3.8) is 0 Å². The van der Waals surface area contributed by atoms with Gasteiger partial charge in [0, 0.05) is 12.1 Å². The molecule has 118 valence electrons. The Labute approximate surface area is 135 Å². The molecule has 0 unspecified atom stereocenters. The summed E-state index contributed by atoms with van der Waals surface area (Å²) in [6, 6.07) is 16.8. The minimum atomic E-state index is 0.00500. The third-order valence-corrected chi connectivity index (χ3v) is 4.15. The van der Waals surface area contributed by atoms with Crippen molar-refractivity contribution in [3.05, 3.63) is 65.0 Å². The summed E-state index contributed by atoms with van der Waals surface area (Å²) in [7, 11) is 0. The van der Waals surface area contributed by atoms with Crippen LogP contribution < -0.4 is 5.56 Å². The van der Waals surface area contributed by atoms with Crippen LogP contribution in [0.2, 0.25) is 0 Å². The van der Waals surface area contributed by atoms with Crippen LogP contribution in [0.4, 0.5) is 0 Å². The van der Waals surface area contributed by atoms with Crippen LogP contribution in [0.15, 0.2) is 59.4 Å². The van der Waals surface area contributed by atoms with Crippen molar-refractivity contribution < 1.29 is 5.11 Å². The molecule has 0 bridgehead atoms. The van der Waals surface area contributed by atoms with Gasteiger partial charge >= 0.3 is 0 Å². The summed E-state index contributed by atoms with van der Waals surface area (Å²) in [4.78, 5) is 13.0. The highest BCUT2D eigenvalue weighted by atomic mass is 16.3. The first-order valence-electron chi connectivity index (χ1n) is 8.12. The second-order valence-electron chi connectivity index (χ2n) is 5.83. The number of fused-ring (bicyclic) bond motifs is 1. The van der Waals surface area contributed by atoms with Gasteiger partial charge in [-0.15, -0.1) is 0 Å². The van der Waals surface area contributed by atoms with E-state index in [0.29, 0.717) is 5.56 Å². The predicted molar refractivity (Wildman–Crippen MR) is 94.8 cm³/mol. The zero-order valence-electron chi connectivity index (χ0n) is 13.3. The van der Waals surface area contributed by atoms with Gasteiger partial charge in [0.2, 0.25) is 0 Å². The number of hydrogen-bond acceptors (Lipinski definition) is 2. The number of pyridine rings is 1. The topological polar surface area (TPSA) is 42.2 Å². The predicted octanol–water partition coefficient (Wildman–Crippen LogP) is 4.56. The lowest BCUT2D eigenvalue weighted by molar-refractivity contribution is 0.475. The molecule has 0 aliphatic heterocycles. The summed E-state index contributed by atoms with van der Waals surface area (Å²) in [5, 5.41) is 10.8. The first-order chi connectivity index (χ1) is 11.2. The van der Waals surface area contributed by atoms with Gasteiger partial charge in [0.05, 0.1) is 5.52 Å². The molecular formula is C20H21NO2. The minimum absolute atomic E-state index is 0.00500. The van der Waals surface area contributed by atoms with E-state index in [1.54, 1.807) is 18.2 Å². The van der Waals surface area contributed by atoms with Crippen molar-refractivity contribution in [2.45, 2.75) is 32.7 Å². The maximum Gasteiger partial charge on any atom is 0.258 e. The van der Waals surface area contributed by atoms with Crippen LogP contribution in [-0.4, -0.2) is 9.67 Å².